The summed E-state index contributed by atoms with van der Waals surface area (Å²) in [4.78, 5) is 0. The van der Waals surface area contributed by atoms with Gasteiger partial charge in [0, 0.05) is 0 Å². The lowest BCUT2D eigenvalue weighted by molar-refractivity contribution is -0.870. The Morgan fingerprint density at radius 2 is 1.80 bits per heavy atom. The van der Waals surface area contributed by atoms with Crippen molar-refractivity contribution in [3.05, 3.63) is 0 Å². The maximum atomic E-state index is 5.44. The molecule has 0 aromatic carbocycles. The molecule has 0 N–H and O–H groups in total. The highest BCUT2D eigenvalue weighted by molar-refractivity contribution is 6.99. The zero-order valence-electron chi connectivity index (χ0n) is 9.36. The molecule has 1 heterocycles. The molecule has 15 heavy (non-hydrogen) atoms. The summed E-state index contributed by atoms with van der Waals surface area (Å²) < 4.78 is 19.2. The maximum Gasteiger partial charge on any atom is 0.291 e. The molecule has 0 atom stereocenters. The van der Waals surface area contributed by atoms with Crippen molar-refractivity contribution in [1.82, 2.24) is 8.75 Å². The molecule has 0 aliphatic rings. The topological polar surface area (TPSA) is 44.2 Å². The lowest BCUT2D eigenvalue weighted by atomic mass is 10.5. The van der Waals surface area contributed by atoms with Crippen molar-refractivity contribution in [2.45, 2.75) is 0 Å². The van der Waals surface area contributed by atoms with Crippen molar-refractivity contribution in [2.24, 2.45) is 0 Å². The van der Waals surface area contributed by atoms with Gasteiger partial charge in [0.15, 0.2) is 0 Å². The largest absolute Gasteiger partial charge is 1.00 e. The summed E-state index contributed by atoms with van der Waals surface area (Å²) in [6.07, 6.45) is 0. The number of aromatic nitrogens is 2. The molecule has 0 radical (unpaired) electrons. The third-order valence-electron chi connectivity index (χ3n) is 1.62. The second kappa shape index (κ2) is 6.44. The fourth-order valence-electron chi connectivity index (χ4n) is 0.802. The van der Waals surface area contributed by atoms with Crippen LogP contribution in [0.15, 0.2) is 0 Å². The Morgan fingerprint density at radius 1 is 1.20 bits per heavy atom. The van der Waals surface area contributed by atoms with E-state index in [1.807, 2.05) is 0 Å². The number of halogens is 1. The number of nitrogens with zero attached hydrogens (tertiary/aromatic N) is 3. The van der Waals surface area contributed by atoms with Crippen LogP contribution in [0.3, 0.4) is 0 Å². The predicted octanol–water partition coefficient (Wildman–Crippen LogP) is -2.36. The summed E-state index contributed by atoms with van der Waals surface area (Å²) in [7, 11) is 7.89. The first-order chi connectivity index (χ1) is 6.53. The van der Waals surface area contributed by atoms with Gasteiger partial charge in [-0.2, -0.15) is 0 Å². The van der Waals surface area contributed by atoms with E-state index in [4.69, 9.17) is 9.47 Å². The van der Waals surface area contributed by atoms with E-state index in [-0.39, 0.29) is 24.0 Å². The molecule has 0 unspecified atom stereocenters. The maximum absolute atomic E-state index is 5.44. The third kappa shape index (κ3) is 5.47. The van der Waals surface area contributed by atoms with E-state index in [1.165, 1.54) is 0 Å². The molecular weight excluding hydrogens is 329 g/mol. The zero-order valence-corrected chi connectivity index (χ0v) is 12.3. The van der Waals surface area contributed by atoms with E-state index >= 15 is 0 Å². The van der Waals surface area contributed by atoms with Crippen LogP contribution in [0, 0.1) is 0 Å². The number of ether oxygens (including phenoxy) is 2. The molecule has 0 aliphatic heterocycles. The van der Waals surface area contributed by atoms with Gasteiger partial charge in [-0.25, -0.2) is 0 Å². The molecule has 0 fully saturated rings. The second-order valence-corrected chi connectivity index (χ2v) is 4.47. The van der Waals surface area contributed by atoms with Gasteiger partial charge in [-0.3, -0.25) is 0 Å². The summed E-state index contributed by atoms with van der Waals surface area (Å²) in [6.45, 7) is 1.53. The summed E-state index contributed by atoms with van der Waals surface area (Å²) in [6, 6.07) is 0. The van der Waals surface area contributed by atoms with Crippen LogP contribution in [0.5, 0.6) is 11.8 Å². The van der Waals surface area contributed by atoms with Gasteiger partial charge in [-0.05, 0) is 0 Å². The standard InChI is InChI=1S/C8H16N3O2S.HI/c1-11(2,3)5-6-13-8-7(12-4)9-14-10-8;/h5-6H2,1-4H3;1H/q+1;/p-1. The Hall–Kier alpha value is -0.150. The number of methoxy groups -OCH3 is 1. The summed E-state index contributed by atoms with van der Waals surface area (Å²) in [5, 5.41) is 0. The van der Waals surface area contributed by atoms with Gasteiger partial charge in [0.2, 0.25) is 0 Å². The Morgan fingerprint density at radius 3 is 2.33 bits per heavy atom. The molecule has 88 valence electrons. The number of likely N-dealkylation sites (N-methyl/N-ethyl adjacent to an activating group) is 1. The molecule has 0 bridgehead atoms. The number of quaternary nitrogens is 1. The zero-order chi connectivity index (χ0) is 10.6. The predicted molar refractivity (Wildman–Crippen MR) is 54.9 cm³/mol. The van der Waals surface area contributed by atoms with Crippen LogP contribution in [0.25, 0.3) is 0 Å². The summed E-state index contributed by atoms with van der Waals surface area (Å²) in [5.74, 6) is 0.961. The van der Waals surface area contributed by atoms with Gasteiger partial charge in [-0.15, -0.1) is 8.75 Å². The van der Waals surface area contributed by atoms with Crippen LogP contribution in [0.1, 0.15) is 0 Å². The first-order valence-electron chi connectivity index (χ1n) is 4.33. The van der Waals surface area contributed by atoms with Gasteiger partial charge in [0.05, 0.1) is 40.0 Å². The van der Waals surface area contributed by atoms with E-state index in [9.17, 15) is 0 Å². The molecule has 1 rings (SSSR count). The normalized spacial score (nSPS) is 10.7. The van der Waals surface area contributed by atoms with Crippen molar-refractivity contribution in [3.8, 4) is 11.8 Å². The average Bonchev–Trinajstić information content (AvgIpc) is 2.49. The minimum atomic E-state index is 0. The molecular formula is C8H16IN3O2S. The van der Waals surface area contributed by atoms with Crippen LogP contribution in [0.4, 0.5) is 0 Å². The fraction of sp³-hybridized carbons (Fsp3) is 0.750. The Labute approximate surface area is 111 Å². The minimum absolute atomic E-state index is 0. The van der Waals surface area contributed by atoms with Crippen LogP contribution in [-0.2, 0) is 0 Å². The van der Waals surface area contributed by atoms with Gasteiger partial charge < -0.3 is 37.9 Å². The third-order valence-corrected chi connectivity index (χ3v) is 2.12. The van der Waals surface area contributed by atoms with E-state index < -0.39 is 0 Å². The fourth-order valence-corrected chi connectivity index (χ4v) is 1.27. The molecule has 1 aromatic rings. The Balaban J connectivity index is 0.00000196. The van der Waals surface area contributed by atoms with Crippen molar-refractivity contribution in [2.75, 3.05) is 41.4 Å². The van der Waals surface area contributed by atoms with Crippen LogP contribution >= 0.6 is 11.7 Å². The van der Waals surface area contributed by atoms with E-state index in [0.29, 0.717) is 18.4 Å². The van der Waals surface area contributed by atoms with Gasteiger partial charge in [-0.1, -0.05) is 0 Å². The Kier molecular flexibility index (Phi) is 6.37. The van der Waals surface area contributed by atoms with Crippen LogP contribution in [-0.4, -0.2) is 54.6 Å². The highest BCUT2D eigenvalue weighted by atomic mass is 127. The highest BCUT2D eigenvalue weighted by Crippen LogP contribution is 2.22. The van der Waals surface area contributed by atoms with Crippen molar-refractivity contribution >= 4 is 11.7 Å². The molecule has 7 heteroatoms. The smallest absolute Gasteiger partial charge is 0.291 e. The Bertz CT molecular complexity index is 288. The molecule has 0 saturated heterocycles. The van der Waals surface area contributed by atoms with Crippen LogP contribution < -0.4 is 33.5 Å². The van der Waals surface area contributed by atoms with Gasteiger partial charge >= 0.3 is 0 Å². The van der Waals surface area contributed by atoms with E-state index in [0.717, 1.165) is 22.8 Å². The number of hydrogen-bond acceptors (Lipinski definition) is 5. The molecule has 0 spiro atoms. The van der Waals surface area contributed by atoms with Crippen molar-refractivity contribution in [3.63, 3.8) is 0 Å². The molecule has 1 aromatic heterocycles. The molecule has 0 saturated carbocycles. The second-order valence-electron chi connectivity index (χ2n) is 3.94. The monoisotopic (exact) mass is 345 g/mol. The number of rotatable bonds is 5. The minimum Gasteiger partial charge on any atom is -1.00 e. The van der Waals surface area contributed by atoms with Gasteiger partial charge in [0.1, 0.15) is 13.2 Å². The van der Waals surface area contributed by atoms with E-state index in [1.54, 1.807) is 7.11 Å². The number of hydrogen-bond donors (Lipinski definition) is 0. The SMILES string of the molecule is COc1nsnc1OCC[N+](C)(C)C.[I-]. The summed E-state index contributed by atoms with van der Waals surface area (Å²) >= 11 is 1.09. The van der Waals surface area contributed by atoms with Gasteiger partial charge in [0.25, 0.3) is 11.8 Å². The summed E-state index contributed by atoms with van der Waals surface area (Å²) in [5.41, 5.74) is 0. The first kappa shape index (κ1) is 14.8. The quantitative estimate of drug-likeness (QED) is 0.442. The highest BCUT2D eigenvalue weighted by Gasteiger charge is 2.12. The molecule has 5 nitrogen and oxygen atoms in total. The average molecular weight is 345 g/mol. The lowest BCUT2D eigenvalue weighted by Gasteiger charge is -2.23. The van der Waals surface area contributed by atoms with Crippen LogP contribution in [0.2, 0.25) is 0 Å². The van der Waals surface area contributed by atoms with Crippen molar-refractivity contribution in [1.29, 1.82) is 0 Å². The molecule has 0 aliphatic carbocycles. The first-order valence-corrected chi connectivity index (χ1v) is 5.06. The van der Waals surface area contributed by atoms with E-state index in [2.05, 4.69) is 29.9 Å². The van der Waals surface area contributed by atoms with Crippen molar-refractivity contribution < 1.29 is 37.9 Å². The molecule has 0 amide bonds. The lowest BCUT2D eigenvalue weighted by Crippen LogP contribution is -3.00.